The van der Waals surface area contributed by atoms with Crippen LogP contribution in [0.3, 0.4) is 0 Å². The van der Waals surface area contributed by atoms with E-state index in [1.807, 2.05) is 11.3 Å². The van der Waals surface area contributed by atoms with Crippen molar-refractivity contribution in [3.63, 3.8) is 0 Å². The predicted molar refractivity (Wildman–Crippen MR) is 233 cm³/mol. The summed E-state index contributed by atoms with van der Waals surface area (Å²) in [6, 6.07) is 77.0. The first kappa shape index (κ1) is 32.0. The van der Waals surface area contributed by atoms with Crippen molar-refractivity contribution in [3.05, 3.63) is 212 Å². The van der Waals surface area contributed by atoms with Crippen molar-refractivity contribution in [2.75, 3.05) is 4.90 Å². The molecule has 2 heteroatoms. The summed E-state index contributed by atoms with van der Waals surface area (Å²) in [4.78, 5) is 2.39. The van der Waals surface area contributed by atoms with E-state index in [0.717, 1.165) is 17.1 Å². The van der Waals surface area contributed by atoms with Crippen LogP contribution in [0.4, 0.5) is 17.1 Å². The molecule has 0 aliphatic heterocycles. The van der Waals surface area contributed by atoms with Crippen LogP contribution in [0.2, 0.25) is 0 Å². The lowest BCUT2D eigenvalue weighted by molar-refractivity contribution is 1.28. The molecule has 9 aromatic carbocycles. The summed E-state index contributed by atoms with van der Waals surface area (Å²) in [5.74, 6) is 0. The molecule has 1 nitrogen and oxygen atoms in total. The normalized spacial score (nSPS) is 11.3. The van der Waals surface area contributed by atoms with E-state index in [0.29, 0.717) is 0 Å². The van der Waals surface area contributed by atoms with Gasteiger partial charge in [-0.05, 0) is 92.2 Å². The number of hydrogen-bond acceptors (Lipinski definition) is 2. The van der Waals surface area contributed by atoms with Gasteiger partial charge in [0, 0.05) is 37.1 Å². The smallest absolute Gasteiger partial charge is 0.0540 e. The highest BCUT2D eigenvalue weighted by Crippen LogP contribution is 2.43. The second-order valence-electron chi connectivity index (χ2n) is 13.7. The molecule has 0 atom stereocenters. The number of anilines is 3. The van der Waals surface area contributed by atoms with E-state index in [4.69, 9.17) is 0 Å². The first-order valence-corrected chi connectivity index (χ1v) is 19.2. The highest BCUT2D eigenvalue weighted by Gasteiger charge is 2.18. The Kier molecular flexibility index (Phi) is 8.09. The summed E-state index contributed by atoms with van der Waals surface area (Å²) < 4.78 is 2.70. The fourth-order valence-electron chi connectivity index (χ4n) is 7.74. The predicted octanol–water partition coefficient (Wildman–Crippen LogP) is 15.3. The molecule has 1 aromatic heterocycles. The molecule has 254 valence electrons. The molecule has 1 heterocycles. The second kappa shape index (κ2) is 13.7. The van der Waals surface area contributed by atoms with Crippen LogP contribution in [0.25, 0.3) is 75.5 Å². The lowest BCUT2D eigenvalue weighted by Gasteiger charge is -2.28. The van der Waals surface area contributed by atoms with Crippen molar-refractivity contribution >= 4 is 59.3 Å². The van der Waals surface area contributed by atoms with Crippen LogP contribution < -0.4 is 4.90 Å². The van der Waals surface area contributed by atoms with Gasteiger partial charge in [-0.25, -0.2) is 0 Å². The van der Waals surface area contributed by atoms with Crippen LogP contribution in [-0.4, -0.2) is 0 Å². The Bertz CT molecular complexity index is 2890. The second-order valence-corrected chi connectivity index (χ2v) is 14.8. The fraction of sp³-hybridized carbons (Fsp3) is 0. The number of thiophene rings is 1. The van der Waals surface area contributed by atoms with Crippen LogP contribution in [0, 0.1) is 0 Å². The van der Waals surface area contributed by atoms with Gasteiger partial charge in [0.1, 0.15) is 0 Å². The summed E-state index contributed by atoms with van der Waals surface area (Å²) in [5.41, 5.74) is 12.9. The minimum atomic E-state index is 1.10. The molecule has 0 radical (unpaired) electrons. The zero-order valence-corrected chi connectivity index (χ0v) is 30.4. The van der Waals surface area contributed by atoms with E-state index in [9.17, 15) is 0 Å². The topological polar surface area (TPSA) is 3.24 Å². The van der Waals surface area contributed by atoms with Crippen molar-refractivity contribution < 1.29 is 0 Å². The molecule has 0 fully saturated rings. The largest absolute Gasteiger partial charge is 0.310 e. The molecule has 54 heavy (non-hydrogen) atoms. The van der Waals surface area contributed by atoms with Gasteiger partial charge in [0.15, 0.2) is 0 Å². The van der Waals surface area contributed by atoms with Crippen molar-refractivity contribution in [1.82, 2.24) is 0 Å². The molecule has 0 amide bonds. The average Bonchev–Trinajstić information content (AvgIpc) is 3.64. The number of hydrogen-bond donors (Lipinski definition) is 0. The van der Waals surface area contributed by atoms with Gasteiger partial charge in [-0.2, -0.15) is 0 Å². The number of benzene rings is 9. The van der Waals surface area contributed by atoms with Crippen LogP contribution >= 0.6 is 11.3 Å². The molecule has 0 aliphatic carbocycles. The maximum Gasteiger partial charge on any atom is 0.0540 e. The Hall–Kier alpha value is -6.74. The molecule has 0 aliphatic rings. The third-order valence-electron chi connectivity index (χ3n) is 10.5. The Balaban J connectivity index is 1.04. The Morgan fingerprint density at radius 1 is 0.315 bits per heavy atom. The van der Waals surface area contributed by atoms with E-state index >= 15 is 0 Å². The van der Waals surface area contributed by atoms with E-state index in [-0.39, 0.29) is 0 Å². The van der Waals surface area contributed by atoms with Crippen molar-refractivity contribution in [2.45, 2.75) is 0 Å². The van der Waals surface area contributed by atoms with E-state index in [2.05, 4.69) is 217 Å². The third-order valence-corrected chi connectivity index (χ3v) is 11.7. The lowest BCUT2D eigenvalue weighted by Crippen LogP contribution is -2.11. The first-order chi connectivity index (χ1) is 26.8. The molecule has 0 saturated heterocycles. The summed E-state index contributed by atoms with van der Waals surface area (Å²) in [7, 11) is 0. The van der Waals surface area contributed by atoms with E-state index in [1.165, 1.54) is 75.5 Å². The number of rotatable bonds is 7. The molecule has 0 unspecified atom stereocenters. The quantitative estimate of drug-likeness (QED) is 0.160. The Labute approximate surface area is 319 Å². The Morgan fingerprint density at radius 3 is 1.46 bits per heavy atom. The molecule has 0 saturated carbocycles. The molecular weight excluding hydrogens is 671 g/mol. The summed E-state index contributed by atoms with van der Waals surface area (Å²) in [6.07, 6.45) is 0. The fourth-order valence-corrected chi connectivity index (χ4v) is 8.98. The minimum Gasteiger partial charge on any atom is -0.310 e. The molecule has 0 N–H and O–H groups in total. The molecule has 0 spiro atoms. The van der Waals surface area contributed by atoms with Crippen LogP contribution in [0.15, 0.2) is 212 Å². The maximum atomic E-state index is 2.39. The van der Waals surface area contributed by atoms with Gasteiger partial charge in [-0.15, -0.1) is 11.3 Å². The molecule has 10 aromatic rings. The molecule has 10 rings (SSSR count). The maximum absolute atomic E-state index is 2.39. The first-order valence-electron chi connectivity index (χ1n) is 18.4. The van der Waals surface area contributed by atoms with Gasteiger partial charge >= 0.3 is 0 Å². The van der Waals surface area contributed by atoms with Gasteiger partial charge < -0.3 is 4.90 Å². The van der Waals surface area contributed by atoms with Crippen LogP contribution in [0.5, 0.6) is 0 Å². The van der Waals surface area contributed by atoms with Gasteiger partial charge in [0.05, 0.1) is 5.69 Å². The van der Waals surface area contributed by atoms with Gasteiger partial charge in [0.25, 0.3) is 0 Å². The van der Waals surface area contributed by atoms with Crippen molar-refractivity contribution in [1.29, 1.82) is 0 Å². The van der Waals surface area contributed by atoms with Crippen molar-refractivity contribution in [2.24, 2.45) is 0 Å². The SMILES string of the molecule is c1ccc(-c2ccc(-c3ccccc3N(c3ccc(-c4ccccc4)cc3)c3ccc(-c4ccc5c(ccc6c7ccccc7sc56)c4)cc3)cc2)cc1. The highest BCUT2D eigenvalue weighted by atomic mass is 32.1. The van der Waals surface area contributed by atoms with Crippen molar-refractivity contribution in [3.8, 4) is 44.5 Å². The van der Waals surface area contributed by atoms with Gasteiger partial charge in [0.2, 0.25) is 0 Å². The van der Waals surface area contributed by atoms with E-state index in [1.54, 1.807) is 0 Å². The standard InChI is InChI=1S/C52H35NS/c1-3-11-36(12-4-1)38-19-21-41(22-20-38)46-15-7-9-17-50(46)53(44-29-23-39(24-30-44)37-13-5-2-6-14-37)45-31-25-40(26-32-45)42-27-33-47-43(35-42)28-34-49-48-16-8-10-18-51(48)54-52(47)49/h1-35H. The molecular formula is C52H35NS. The van der Waals surface area contributed by atoms with Gasteiger partial charge in [-0.1, -0.05) is 170 Å². The Morgan fingerprint density at radius 2 is 0.796 bits per heavy atom. The highest BCUT2D eigenvalue weighted by molar-refractivity contribution is 7.26. The third kappa shape index (κ3) is 5.84. The number of nitrogens with zero attached hydrogens (tertiary/aromatic N) is 1. The lowest BCUT2D eigenvalue weighted by atomic mass is 9.97. The number of para-hydroxylation sites is 1. The van der Waals surface area contributed by atoms with Gasteiger partial charge in [-0.3, -0.25) is 0 Å². The number of fused-ring (bicyclic) bond motifs is 5. The molecule has 0 bridgehead atoms. The summed E-state index contributed by atoms with van der Waals surface area (Å²) in [5, 5.41) is 5.25. The summed E-state index contributed by atoms with van der Waals surface area (Å²) >= 11 is 1.89. The van der Waals surface area contributed by atoms with Crippen LogP contribution in [-0.2, 0) is 0 Å². The van der Waals surface area contributed by atoms with Crippen LogP contribution in [0.1, 0.15) is 0 Å². The monoisotopic (exact) mass is 705 g/mol. The zero-order chi connectivity index (χ0) is 35.8. The minimum absolute atomic E-state index is 1.10. The zero-order valence-electron chi connectivity index (χ0n) is 29.6. The average molecular weight is 706 g/mol. The van der Waals surface area contributed by atoms with E-state index < -0.39 is 0 Å². The summed E-state index contributed by atoms with van der Waals surface area (Å²) in [6.45, 7) is 0.